The maximum atomic E-state index is 5.54. The monoisotopic (exact) mass is 226 g/mol. The van der Waals surface area contributed by atoms with Gasteiger partial charge in [-0.05, 0) is 26.8 Å². The van der Waals surface area contributed by atoms with E-state index in [0.29, 0.717) is 0 Å². The Morgan fingerprint density at radius 1 is 1.62 bits per heavy atom. The maximum absolute atomic E-state index is 5.54. The third-order valence-corrected chi connectivity index (χ3v) is 2.87. The molecule has 1 heterocycles. The van der Waals surface area contributed by atoms with Crippen LogP contribution in [0.4, 0.5) is 0 Å². The summed E-state index contributed by atoms with van der Waals surface area (Å²) in [7, 11) is 1.69. The van der Waals surface area contributed by atoms with Gasteiger partial charge in [-0.25, -0.2) is 0 Å². The van der Waals surface area contributed by atoms with Gasteiger partial charge >= 0.3 is 0 Å². The van der Waals surface area contributed by atoms with Crippen LogP contribution in [0.15, 0.2) is 6.07 Å². The zero-order chi connectivity index (χ0) is 12.1. The molecule has 0 aliphatic heterocycles. The third kappa shape index (κ3) is 3.04. The lowest BCUT2D eigenvalue weighted by Gasteiger charge is -2.22. The van der Waals surface area contributed by atoms with E-state index >= 15 is 0 Å². The normalized spacial score (nSPS) is 15.1. The van der Waals surface area contributed by atoms with Gasteiger partial charge < -0.3 is 4.74 Å². The van der Waals surface area contributed by atoms with E-state index in [0.717, 1.165) is 18.7 Å². The molecule has 1 rings (SSSR count). The van der Waals surface area contributed by atoms with Gasteiger partial charge in [0.2, 0.25) is 0 Å². The number of rotatable bonds is 6. The molecule has 0 saturated heterocycles. The van der Waals surface area contributed by atoms with Gasteiger partial charge in [-0.3, -0.25) is 16.0 Å². The van der Waals surface area contributed by atoms with Crippen LogP contribution in [-0.2, 0) is 17.7 Å². The molecule has 16 heavy (non-hydrogen) atoms. The summed E-state index contributed by atoms with van der Waals surface area (Å²) in [6, 6.07) is 2.20. The molecule has 0 radical (unpaired) electrons. The van der Waals surface area contributed by atoms with Gasteiger partial charge in [0.15, 0.2) is 0 Å². The second kappa shape index (κ2) is 5.98. The van der Waals surface area contributed by atoms with Gasteiger partial charge in [-0.15, -0.1) is 0 Å². The number of methoxy groups -OCH3 is 1. The Labute approximate surface area is 96.9 Å². The fraction of sp³-hybridized carbons (Fsp3) is 0.727. The Balaban J connectivity index is 2.76. The summed E-state index contributed by atoms with van der Waals surface area (Å²) in [4.78, 5) is 0. The molecule has 2 atom stereocenters. The van der Waals surface area contributed by atoms with Gasteiger partial charge in [-0.1, -0.05) is 0 Å². The lowest BCUT2D eigenvalue weighted by atomic mass is 10.1. The number of nitrogens with two attached hydrogens (primary N) is 1. The summed E-state index contributed by atoms with van der Waals surface area (Å²) in [5, 5.41) is 4.41. The van der Waals surface area contributed by atoms with Gasteiger partial charge in [0, 0.05) is 25.8 Å². The largest absolute Gasteiger partial charge is 0.380 e. The zero-order valence-corrected chi connectivity index (χ0v) is 10.5. The summed E-state index contributed by atoms with van der Waals surface area (Å²) in [5.74, 6) is 5.54. The first-order valence-electron chi connectivity index (χ1n) is 5.64. The van der Waals surface area contributed by atoms with Gasteiger partial charge in [0.25, 0.3) is 0 Å². The Kier molecular flexibility index (Phi) is 4.92. The standard InChI is InChI=1S/C11H22N4O/c1-5-15-10(6-8(2)14-15)7-11(13-12)9(3)16-4/h6,9,11,13H,5,7,12H2,1-4H3. The summed E-state index contributed by atoms with van der Waals surface area (Å²) >= 11 is 0. The minimum absolute atomic E-state index is 0.0745. The number of aromatic nitrogens is 2. The van der Waals surface area contributed by atoms with Crippen molar-refractivity contribution in [2.75, 3.05) is 7.11 Å². The maximum Gasteiger partial charge on any atom is 0.0713 e. The molecule has 0 fully saturated rings. The molecule has 0 saturated carbocycles. The smallest absolute Gasteiger partial charge is 0.0713 e. The number of hydrogen-bond donors (Lipinski definition) is 2. The summed E-state index contributed by atoms with van der Waals surface area (Å²) in [6.07, 6.45) is 0.894. The van der Waals surface area contributed by atoms with Crippen molar-refractivity contribution in [3.8, 4) is 0 Å². The highest BCUT2D eigenvalue weighted by Gasteiger charge is 2.18. The fourth-order valence-electron chi connectivity index (χ4n) is 1.79. The molecule has 2 unspecified atom stereocenters. The minimum atomic E-state index is 0.0745. The fourth-order valence-corrected chi connectivity index (χ4v) is 1.79. The van der Waals surface area contributed by atoms with Crippen molar-refractivity contribution in [2.45, 2.75) is 45.9 Å². The molecule has 0 bridgehead atoms. The van der Waals surface area contributed by atoms with E-state index in [1.165, 1.54) is 5.69 Å². The number of hydrazine groups is 1. The highest BCUT2D eigenvalue weighted by atomic mass is 16.5. The summed E-state index contributed by atoms with van der Waals surface area (Å²) in [6.45, 7) is 6.97. The zero-order valence-electron chi connectivity index (χ0n) is 10.5. The van der Waals surface area contributed by atoms with E-state index < -0.39 is 0 Å². The van der Waals surface area contributed by atoms with Crippen LogP contribution in [-0.4, -0.2) is 29.0 Å². The molecule has 0 amide bonds. The molecule has 0 aromatic carbocycles. The summed E-state index contributed by atoms with van der Waals surface area (Å²) in [5.41, 5.74) is 5.02. The number of hydrogen-bond acceptors (Lipinski definition) is 4. The first-order chi connectivity index (χ1) is 7.62. The van der Waals surface area contributed by atoms with E-state index in [1.54, 1.807) is 7.11 Å². The molecule has 5 heteroatoms. The summed E-state index contributed by atoms with van der Waals surface area (Å²) < 4.78 is 7.29. The average Bonchev–Trinajstić information content (AvgIpc) is 2.65. The molecule has 0 aliphatic carbocycles. The van der Waals surface area contributed by atoms with E-state index in [-0.39, 0.29) is 12.1 Å². The average molecular weight is 226 g/mol. The molecule has 92 valence electrons. The van der Waals surface area contributed by atoms with Crippen LogP contribution in [0.5, 0.6) is 0 Å². The van der Waals surface area contributed by atoms with Crippen LogP contribution in [0, 0.1) is 6.92 Å². The topological polar surface area (TPSA) is 65.1 Å². The first kappa shape index (κ1) is 13.2. The van der Waals surface area contributed by atoms with Crippen molar-refractivity contribution in [2.24, 2.45) is 5.84 Å². The van der Waals surface area contributed by atoms with Crippen molar-refractivity contribution in [3.63, 3.8) is 0 Å². The molecule has 3 N–H and O–H groups in total. The van der Waals surface area contributed by atoms with Crippen LogP contribution in [0.2, 0.25) is 0 Å². The highest BCUT2D eigenvalue weighted by molar-refractivity contribution is 5.10. The molecule has 1 aromatic heterocycles. The lowest BCUT2D eigenvalue weighted by Crippen LogP contribution is -2.45. The first-order valence-corrected chi connectivity index (χ1v) is 5.64. The number of ether oxygens (including phenoxy) is 1. The van der Waals surface area contributed by atoms with Gasteiger partial charge in [0.05, 0.1) is 17.8 Å². The van der Waals surface area contributed by atoms with Crippen LogP contribution >= 0.6 is 0 Å². The Bertz CT molecular complexity index is 324. The van der Waals surface area contributed by atoms with Gasteiger partial charge in [0.1, 0.15) is 0 Å². The highest BCUT2D eigenvalue weighted by Crippen LogP contribution is 2.09. The Hall–Kier alpha value is -0.910. The van der Waals surface area contributed by atoms with Crippen LogP contribution < -0.4 is 11.3 Å². The minimum Gasteiger partial charge on any atom is -0.380 e. The quantitative estimate of drug-likeness (QED) is 0.551. The van der Waals surface area contributed by atoms with E-state index in [2.05, 4.69) is 23.5 Å². The van der Waals surface area contributed by atoms with Crippen molar-refractivity contribution >= 4 is 0 Å². The molecular weight excluding hydrogens is 204 g/mol. The second-order valence-corrected chi connectivity index (χ2v) is 4.01. The molecule has 0 spiro atoms. The molecule has 0 aliphatic rings. The second-order valence-electron chi connectivity index (χ2n) is 4.01. The van der Waals surface area contributed by atoms with Crippen LogP contribution in [0.3, 0.4) is 0 Å². The Morgan fingerprint density at radius 2 is 2.31 bits per heavy atom. The predicted molar refractivity (Wildman–Crippen MR) is 63.9 cm³/mol. The van der Waals surface area contributed by atoms with Crippen LogP contribution in [0.25, 0.3) is 0 Å². The van der Waals surface area contributed by atoms with Crippen molar-refractivity contribution < 1.29 is 4.74 Å². The van der Waals surface area contributed by atoms with Crippen LogP contribution in [0.1, 0.15) is 25.2 Å². The molecule has 1 aromatic rings. The molecule has 5 nitrogen and oxygen atoms in total. The number of nitrogens with zero attached hydrogens (tertiary/aromatic N) is 2. The molecular formula is C11H22N4O. The predicted octanol–water partition coefficient (Wildman–Crippen LogP) is 0.621. The Morgan fingerprint density at radius 3 is 2.81 bits per heavy atom. The van der Waals surface area contributed by atoms with Gasteiger partial charge in [-0.2, -0.15) is 5.10 Å². The SMILES string of the molecule is CCn1nc(C)cc1CC(NN)C(C)OC. The number of nitrogens with one attached hydrogen (secondary N) is 1. The van der Waals surface area contributed by atoms with E-state index in [4.69, 9.17) is 10.6 Å². The third-order valence-electron chi connectivity index (χ3n) is 2.87. The lowest BCUT2D eigenvalue weighted by molar-refractivity contribution is 0.0824. The van der Waals surface area contributed by atoms with Crippen molar-refractivity contribution in [1.29, 1.82) is 0 Å². The van der Waals surface area contributed by atoms with E-state index in [9.17, 15) is 0 Å². The number of aryl methyl sites for hydroxylation is 2. The van der Waals surface area contributed by atoms with Crippen molar-refractivity contribution in [1.82, 2.24) is 15.2 Å². The van der Waals surface area contributed by atoms with E-state index in [1.807, 2.05) is 18.5 Å². The van der Waals surface area contributed by atoms with Crippen molar-refractivity contribution in [3.05, 3.63) is 17.5 Å².